The van der Waals surface area contributed by atoms with Crippen LogP contribution in [-0.2, 0) is 14.4 Å². The van der Waals surface area contributed by atoms with Crippen LogP contribution < -0.4 is 11.1 Å². The Labute approximate surface area is 201 Å². The number of hydrogen-bond acceptors (Lipinski definition) is 11. The molecule has 2 amide bonds. The molecule has 2 unspecified atom stereocenters. The standard InChI is InChI=1S/C16H12Cl2N6O5S3/c17-6-3-30-16(20-6)31-5-2-1-4-7(13(26)24(4)10(5)14(27)28)21-12(25)9(23-29)8-11(18)32-15(19)22-8/h3-4,7,29H,1-2H2,(H2,19,22)(H,21,25)(H,27,28)/b23-9-. The van der Waals surface area contributed by atoms with Crippen molar-refractivity contribution in [1.82, 2.24) is 20.2 Å². The molecular formula is C16H12Cl2N6O5S3. The number of anilines is 1. The zero-order valence-electron chi connectivity index (χ0n) is 15.6. The van der Waals surface area contributed by atoms with Gasteiger partial charge in [0.05, 0.1) is 6.04 Å². The summed E-state index contributed by atoms with van der Waals surface area (Å²) in [4.78, 5) is 46.9. The summed E-state index contributed by atoms with van der Waals surface area (Å²) in [5.41, 5.74) is 4.78. The molecule has 0 bridgehead atoms. The molecular weight excluding hydrogens is 523 g/mol. The summed E-state index contributed by atoms with van der Waals surface area (Å²) in [5, 5.41) is 26.4. The van der Waals surface area contributed by atoms with Crippen molar-refractivity contribution in [3.63, 3.8) is 0 Å². The first kappa shape index (κ1) is 22.8. The van der Waals surface area contributed by atoms with Crippen LogP contribution >= 0.6 is 57.6 Å². The van der Waals surface area contributed by atoms with Crippen molar-refractivity contribution in [1.29, 1.82) is 0 Å². The Balaban J connectivity index is 1.53. The van der Waals surface area contributed by atoms with E-state index in [-0.39, 0.29) is 20.9 Å². The van der Waals surface area contributed by atoms with Gasteiger partial charge in [0.15, 0.2) is 15.2 Å². The lowest BCUT2D eigenvalue weighted by Crippen LogP contribution is -2.72. The van der Waals surface area contributed by atoms with Crippen molar-refractivity contribution >= 4 is 86.3 Å². The number of thiazole rings is 2. The summed E-state index contributed by atoms with van der Waals surface area (Å²) in [7, 11) is 0. The maximum absolute atomic E-state index is 12.8. The summed E-state index contributed by atoms with van der Waals surface area (Å²) in [6, 6.07) is -1.57. The molecule has 5 N–H and O–H groups in total. The van der Waals surface area contributed by atoms with Gasteiger partial charge in [0.1, 0.15) is 26.9 Å². The molecule has 2 aliphatic rings. The minimum Gasteiger partial charge on any atom is -0.477 e. The first-order chi connectivity index (χ1) is 15.2. The van der Waals surface area contributed by atoms with Gasteiger partial charge in [0.2, 0.25) is 0 Å². The molecule has 4 rings (SSSR count). The average Bonchev–Trinajstić information content (AvgIpc) is 3.30. The van der Waals surface area contributed by atoms with Crippen LogP contribution in [0.25, 0.3) is 0 Å². The number of halogens is 2. The van der Waals surface area contributed by atoms with Crippen LogP contribution in [0.3, 0.4) is 0 Å². The highest BCUT2D eigenvalue weighted by atomic mass is 35.5. The van der Waals surface area contributed by atoms with Crippen molar-refractivity contribution in [2.24, 2.45) is 5.16 Å². The van der Waals surface area contributed by atoms with Gasteiger partial charge in [-0.1, -0.05) is 51.5 Å². The van der Waals surface area contributed by atoms with Crippen molar-refractivity contribution in [2.45, 2.75) is 29.3 Å². The van der Waals surface area contributed by atoms with Gasteiger partial charge in [0, 0.05) is 10.3 Å². The second-order valence-electron chi connectivity index (χ2n) is 6.50. The third-order valence-electron chi connectivity index (χ3n) is 4.69. The van der Waals surface area contributed by atoms with Gasteiger partial charge in [-0.3, -0.25) is 14.5 Å². The fourth-order valence-electron chi connectivity index (χ4n) is 3.39. The van der Waals surface area contributed by atoms with E-state index in [0.29, 0.717) is 27.2 Å². The van der Waals surface area contributed by atoms with E-state index in [9.17, 15) is 24.7 Å². The highest BCUT2D eigenvalue weighted by Gasteiger charge is 2.54. The SMILES string of the molecule is Nc1nc(/C(=N/O)C(=O)NC2C(=O)N3C(C(=O)O)=C(Sc4nc(Cl)cs4)CCC23)c(Cl)s1. The monoisotopic (exact) mass is 534 g/mol. The first-order valence-electron chi connectivity index (χ1n) is 8.74. The highest BCUT2D eigenvalue weighted by molar-refractivity contribution is 8.04. The van der Waals surface area contributed by atoms with E-state index < -0.39 is 35.6 Å². The van der Waals surface area contributed by atoms with E-state index in [2.05, 4.69) is 20.4 Å². The van der Waals surface area contributed by atoms with Crippen LogP contribution in [0.4, 0.5) is 5.13 Å². The lowest BCUT2D eigenvalue weighted by molar-refractivity contribution is -0.155. The molecule has 16 heteroatoms. The number of carboxylic acids is 1. The fourth-order valence-corrected chi connectivity index (χ4v) is 6.54. The summed E-state index contributed by atoms with van der Waals surface area (Å²) >= 11 is 15.1. The number of carboxylic acid groups (broad SMARTS) is 1. The number of aliphatic carboxylic acids is 1. The van der Waals surface area contributed by atoms with Gasteiger partial charge in [-0.15, -0.1) is 11.3 Å². The van der Waals surface area contributed by atoms with Crippen molar-refractivity contribution in [2.75, 3.05) is 5.73 Å². The zero-order valence-corrected chi connectivity index (χ0v) is 19.6. The number of thioether (sulfide) groups is 1. The van der Waals surface area contributed by atoms with E-state index in [1.54, 1.807) is 5.38 Å². The average molecular weight is 535 g/mol. The number of nitrogens with two attached hydrogens (primary N) is 1. The Hall–Kier alpha value is -2.39. The van der Waals surface area contributed by atoms with Gasteiger partial charge in [-0.2, -0.15) is 0 Å². The van der Waals surface area contributed by atoms with E-state index in [4.69, 9.17) is 28.9 Å². The Kier molecular flexibility index (Phi) is 6.31. The van der Waals surface area contributed by atoms with Crippen molar-refractivity contribution < 1.29 is 24.7 Å². The van der Waals surface area contributed by atoms with Crippen molar-refractivity contribution in [3.05, 3.63) is 31.2 Å². The minimum absolute atomic E-state index is 0.0460. The number of nitrogen functional groups attached to an aromatic ring is 1. The number of allylic oxidation sites excluding steroid dienone is 1. The fraction of sp³-hybridized carbons (Fsp3) is 0.250. The Morgan fingerprint density at radius 3 is 2.69 bits per heavy atom. The Morgan fingerprint density at radius 1 is 1.38 bits per heavy atom. The van der Waals surface area contributed by atoms with Gasteiger partial charge in [-0.05, 0) is 12.8 Å². The number of nitrogens with zero attached hydrogens (tertiary/aromatic N) is 4. The zero-order chi connectivity index (χ0) is 23.2. The number of fused-ring (bicyclic) bond motifs is 1. The number of nitrogens with one attached hydrogen (secondary N) is 1. The minimum atomic E-state index is -1.26. The molecule has 1 saturated heterocycles. The van der Waals surface area contributed by atoms with Crippen LogP contribution in [0, 0.1) is 0 Å². The predicted molar refractivity (Wildman–Crippen MR) is 119 cm³/mol. The van der Waals surface area contributed by atoms with E-state index >= 15 is 0 Å². The summed E-state index contributed by atoms with van der Waals surface area (Å²) < 4.78 is 0.605. The van der Waals surface area contributed by atoms with Gasteiger partial charge in [0.25, 0.3) is 11.8 Å². The van der Waals surface area contributed by atoms with Gasteiger partial charge < -0.3 is 21.4 Å². The van der Waals surface area contributed by atoms with Crippen LogP contribution in [-0.4, -0.2) is 60.8 Å². The number of rotatable bonds is 6. The van der Waals surface area contributed by atoms with Crippen LogP contribution in [0.1, 0.15) is 18.5 Å². The molecule has 2 aliphatic heterocycles. The number of aromatic nitrogens is 2. The molecule has 168 valence electrons. The number of carbonyl (C=O) groups excluding carboxylic acids is 2. The molecule has 1 fully saturated rings. The van der Waals surface area contributed by atoms with Gasteiger partial charge >= 0.3 is 5.97 Å². The number of hydrogen-bond donors (Lipinski definition) is 4. The Bertz CT molecular complexity index is 1190. The second-order valence-corrected chi connectivity index (χ2v) is 10.7. The smallest absolute Gasteiger partial charge is 0.353 e. The third kappa shape index (κ3) is 4.03. The number of oxime groups is 1. The summed E-state index contributed by atoms with van der Waals surface area (Å²) in [6.45, 7) is 0. The topological polar surface area (TPSA) is 171 Å². The molecule has 0 aliphatic carbocycles. The first-order valence-corrected chi connectivity index (χ1v) is 12.0. The maximum Gasteiger partial charge on any atom is 0.353 e. The molecule has 2 aromatic rings. The highest BCUT2D eigenvalue weighted by Crippen LogP contribution is 2.44. The van der Waals surface area contributed by atoms with E-state index in [1.165, 1.54) is 11.3 Å². The normalized spacial score (nSPS) is 20.8. The molecule has 32 heavy (non-hydrogen) atoms. The number of β-lactam (4-membered cyclic amide) rings is 1. The Morgan fingerprint density at radius 2 is 2.12 bits per heavy atom. The van der Waals surface area contributed by atoms with E-state index in [0.717, 1.165) is 28.0 Å². The molecule has 4 heterocycles. The van der Waals surface area contributed by atoms with E-state index in [1.807, 2.05) is 0 Å². The van der Waals surface area contributed by atoms with Gasteiger partial charge in [-0.25, -0.2) is 14.8 Å². The molecule has 0 spiro atoms. The third-order valence-corrected chi connectivity index (χ3v) is 8.18. The molecule has 0 radical (unpaired) electrons. The summed E-state index contributed by atoms with van der Waals surface area (Å²) in [5.74, 6) is -2.76. The molecule has 2 atom stereocenters. The molecule has 2 aromatic heterocycles. The molecule has 11 nitrogen and oxygen atoms in total. The predicted octanol–water partition coefficient (Wildman–Crippen LogP) is 2.24. The van der Waals surface area contributed by atoms with Crippen molar-refractivity contribution in [3.8, 4) is 0 Å². The number of carbonyl (C=O) groups is 3. The number of amides is 2. The second kappa shape index (κ2) is 8.86. The summed E-state index contributed by atoms with van der Waals surface area (Å²) in [6.07, 6.45) is 0.768. The quantitative estimate of drug-likeness (QED) is 0.187. The lowest BCUT2D eigenvalue weighted by Gasteiger charge is -2.49. The van der Waals surface area contributed by atoms with Crippen LogP contribution in [0.15, 0.2) is 25.5 Å². The van der Waals surface area contributed by atoms with Crippen LogP contribution in [0.5, 0.6) is 0 Å². The molecule has 0 saturated carbocycles. The van der Waals surface area contributed by atoms with Crippen LogP contribution in [0.2, 0.25) is 9.49 Å². The lowest BCUT2D eigenvalue weighted by atomic mass is 9.86. The molecule has 0 aromatic carbocycles. The maximum atomic E-state index is 12.8. The largest absolute Gasteiger partial charge is 0.477 e.